The Kier molecular flexibility index (Phi) is 4.07. The molecule has 0 radical (unpaired) electrons. The molecule has 76 valence electrons. The summed E-state index contributed by atoms with van der Waals surface area (Å²) in [6.07, 6.45) is 1.17. The summed E-state index contributed by atoms with van der Waals surface area (Å²) in [5, 5.41) is 8.86. The lowest BCUT2D eigenvalue weighted by Crippen LogP contribution is -1.96. The predicted octanol–water partition coefficient (Wildman–Crippen LogP) is 2.53. The number of esters is 1. The van der Waals surface area contributed by atoms with E-state index in [1.54, 1.807) is 24.3 Å². The highest BCUT2D eigenvalue weighted by Crippen LogP contribution is 2.17. The van der Waals surface area contributed by atoms with Crippen LogP contribution in [0.5, 0.6) is 0 Å². The third kappa shape index (κ3) is 3.22. The van der Waals surface area contributed by atoms with E-state index in [0.717, 1.165) is 4.47 Å². The first-order valence-electron chi connectivity index (χ1n) is 4.13. The van der Waals surface area contributed by atoms with Gasteiger partial charge in [-0.3, -0.25) is 0 Å². The van der Waals surface area contributed by atoms with Crippen molar-refractivity contribution in [3.63, 3.8) is 0 Å². The summed E-state index contributed by atoms with van der Waals surface area (Å²) in [7, 11) is 1.27. The topological polar surface area (TPSA) is 50.1 Å². The quantitative estimate of drug-likeness (QED) is 0.469. The van der Waals surface area contributed by atoms with Gasteiger partial charge >= 0.3 is 5.97 Å². The second-order valence-electron chi connectivity index (χ2n) is 2.70. The minimum Gasteiger partial charge on any atom is -0.466 e. The van der Waals surface area contributed by atoms with Crippen LogP contribution in [-0.4, -0.2) is 13.1 Å². The van der Waals surface area contributed by atoms with Crippen LogP contribution in [0.3, 0.4) is 0 Å². The van der Waals surface area contributed by atoms with Gasteiger partial charge in [-0.05, 0) is 17.7 Å². The number of nitriles is 1. The normalized spacial score (nSPS) is 10.6. The molecule has 0 aliphatic rings. The molecule has 1 aromatic rings. The van der Waals surface area contributed by atoms with E-state index in [4.69, 9.17) is 5.26 Å². The molecule has 0 bridgehead atoms. The maximum Gasteiger partial charge on any atom is 0.331 e. The molecular formula is C11H8BrNO2. The highest BCUT2D eigenvalue weighted by atomic mass is 79.9. The number of hydrogen-bond donors (Lipinski definition) is 0. The molecule has 0 spiro atoms. The lowest BCUT2D eigenvalue weighted by Gasteiger charge is -1.98. The summed E-state index contributed by atoms with van der Waals surface area (Å²) in [6, 6.07) is 9.06. The summed E-state index contributed by atoms with van der Waals surface area (Å²) < 4.78 is 5.37. The van der Waals surface area contributed by atoms with E-state index >= 15 is 0 Å². The fraction of sp³-hybridized carbons (Fsp3) is 0.0909. The number of benzene rings is 1. The number of carbonyl (C=O) groups excluding carboxylic acids is 1. The highest BCUT2D eigenvalue weighted by molar-refractivity contribution is 9.10. The minimum absolute atomic E-state index is 0.286. The molecule has 0 N–H and O–H groups in total. The average molecular weight is 266 g/mol. The predicted molar refractivity (Wildman–Crippen MR) is 59.7 cm³/mol. The van der Waals surface area contributed by atoms with Gasteiger partial charge in [0.15, 0.2) is 0 Å². The molecule has 0 amide bonds. The molecule has 0 atom stereocenters. The lowest BCUT2D eigenvalue weighted by atomic mass is 10.1. The molecule has 0 aliphatic heterocycles. The number of carbonyl (C=O) groups is 1. The van der Waals surface area contributed by atoms with Crippen molar-refractivity contribution >= 4 is 27.5 Å². The third-order valence-electron chi connectivity index (χ3n) is 1.74. The van der Waals surface area contributed by atoms with E-state index < -0.39 is 5.97 Å². The Morgan fingerprint density at radius 1 is 1.47 bits per heavy atom. The van der Waals surface area contributed by atoms with E-state index in [2.05, 4.69) is 20.7 Å². The van der Waals surface area contributed by atoms with Crippen LogP contribution in [0.1, 0.15) is 5.56 Å². The Morgan fingerprint density at radius 3 is 2.53 bits per heavy atom. The molecule has 0 unspecified atom stereocenters. The van der Waals surface area contributed by atoms with Crippen LogP contribution in [0.25, 0.3) is 5.57 Å². The zero-order valence-electron chi connectivity index (χ0n) is 8.03. The molecule has 0 saturated heterocycles. The molecule has 3 nitrogen and oxygen atoms in total. The fourth-order valence-electron chi connectivity index (χ4n) is 0.986. The van der Waals surface area contributed by atoms with E-state index in [0.29, 0.717) is 5.56 Å². The molecule has 1 rings (SSSR count). The van der Waals surface area contributed by atoms with Gasteiger partial charge < -0.3 is 4.74 Å². The van der Waals surface area contributed by atoms with Crippen LogP contribution >= 0.6 is 15.9 Å². The fourth-order valence-corrected chi connectivity index (χ4v) is 1.25. The van der Waals surface area contributed by atoms with Gasteiger partial charge in [-0.25, -0.2) is 4.79 Å². The van der Waals surface area contributed by atoms with Crippen LogP contribution in [0.15, 0.2) is 34.8 Å². The van der Waals surface area contributed by atoms with Gasteiger partial charge in [0.25, 0.3) is 0 Å². The van der Waals surface area contributed by atoms with Crippen LogP contribution in [0.2, 0.25) is 0 Å². The Morgan fingerprint density at radius 2 is 2.07 bits per heavy atom. The number of hydrogen-bond acceptors (Lipinski definition) is 3. The van der Waals surface area contributed by atoms with Gasteiger partial charge in [-0.2, -0.15) is 5.26 Å². The van der Waals surface area contributed by atoms with E-state index in [9.17, 15) is 4.79 Å². The van der Waals surface area contributed by atoms with Gasteiger partial charge in [0, 0.05) is 10.5 Å². The molecule has 0 heterocycles. The summed E-state index contributed by atoms with van der Waals surface area (Å²) in [5.41, 5.74) is 0.973. The van der Waals surface area contributed by atoms with Crippen molar-refractivity contribution in [2.45, 2.75) is 0 Å². The third-order valence-corrected chi connectivity index (χ3v) is 2.27. The number of halogens is 1. The van der Waals surface area contributed by atoms with Crippen LogP contribution in [-0.2, 0) is 9.53 Å². The Bertz CT molecular complexity index is 429. The van der Waals surface area contributed by atoms with Crippen molar-refractivity contribution < 1.29 is 9.53 Å². The van der Waals surface area contributed by atoms with Crippen molar-refractivity contribution in [3.05, 3.63) is 40.4 Å². The van der Waals surface area contributed by atoms with E-state index in [-0.39, 0.29) is 5.57 Å². The molecule has 0 fully saturated rings. The number of rotatable bonds is 2. The van der Waals surface area contributed by atoms with Gasteiger partial charge in [0.05, 0.1) is 12.7 Å². The van der Waals surface area contributed by atoms with Crippen molar-refractivity contribution in [2.75, 3.05) is 7.11 Å². The second-order valence-corrected chi connectivity index (χ2v) is 3.62. The summed E-state index contributed by atoms with van der Waals surface area (Å²) in [5.74, 6) is -0.533. The number of nitrogens with zero attached hydrogens (tertiary/aromatic N) is 1. The second kappa shape index (κ2) is 5.32. The molecule has 15 heavy (non-hydrogen) atoms. The molecule has 1 aromatic carbocycles. The molecule has 0 aliphatic carbocycles. The molecule has 0 saturated carbocycles. The van der Waals surface area contributed by atoms with E-state index in [1.807, 2.05) is 6.07 Å². The lowest BCUT2D eigenvalue weighted by molar-refractivity contribution is -0.134. The monoisotopic (exact) mass is 265 g/mol. The Labute approximate surface area is 96.1 Å². The van der Waals surface area contributed by atoms with Crippen molar-refractivity contribution in [2.24, 2.45) is 0 Å². The smallest absolute Gasteiger partial charge is 0.331 e. The zero-order valence-corrected chi connectivity index (χ0v) is 9.61. The van der Waals surface area contributed by atoms with Gasteiger partial charge in [-0.15, -0.1) is 0 Å². The highest BCUT2D eigenvalue weighted by Gasteiger charge is 2.03. The Balaban J connectivity index is 3.04. The maximum absolute atomic E-state index is 11.0. The molecule has 0 aromatic heterocycles. The van der Waals surface area contributed by atoms with Crippen molar-refractivity contribution in [3.8, 4) is 6.07 Å². The van der Waals surface area contributed by atoms with Crippen LogP contribution in [0.4, 0.5) is 0 Å². The largest absolute Gasteiger partial charge is 0.466 e. The number of methoxy groups -OCH3 is 1. The standard InChI is InChI=1S/C11H8BrNO2/c1-15-11(14)6-9(7-13)8-2-4-10(12)5-3-8/h2-6H,1H3. The zero-order chi connectivity index (χ0) is 11.3. The van der Waals surface area contributed by atoms with Crippen LogP contribution < -0.4 is 0 Å². The first-order chi connectivity index (χ1) is 7.17. The average Bonchev–Trinajstić information content (AvgIpc) is 2.27. The number of ether oxygens (including phenoxy) is 1. The SMILES string of the molecule is COC(=O)C=C(C#N)c1ccc(Br)cc1. The summed E-state index contributed by atoms with van der Waals surface area (Å²) in [6.45, 7) is 0. The van der Waals surface area contributed by atoms with E-state index in [1.165, 1.54) is 13.2 Å². The van der Waals surface area contributed by atoms with Crippen molar-refractivity contribution in [1.29, 1.82) is 5.26 Å². The first kappa shape index (κ1) is 11.5. The van der Waals surface area contributed by atoms with Crippen LogP contribution in [0, 0.1) is 11.3 Å². The first-order valence-corrected chi connectivity index (χ1v) is 4.92. The summed E-state index contributed by atoms with van der Waals surface area (Å²) >= 11 is 3.29. The number of allylic oxidation sites excluding steroid dienone is 1. The minimum atomic E-state index is -0.533. The molecule has 4 heteroatoms. The van der Waals surface area contributed by atoms with Gasteiger partial charge in [-0.1, -0.05) is 28.1 Å². The summed E-state index contributed by atoms with van der Waals surface area (Å²) in [4.78, 5) is 11.0. The van der Waals surface area contributed by atoms with Gasteiger partial charge in [0.1, 0.15) is 6.07 Å². The maximum atomic E-state index is 11.0. The van der Waals surface area contributed by atoms with Gasteiger partial charge in [0.2, 0.25) is 0 Å². The Hall–Kier alpha value is -1.60. The molecular weight excluding hydrogens is 258 g/mol. The van der Waals surface area contributed by atoms with Crippen molar-refractivity contribution in [1.82, 2.24) is 0 Å².